The minimum absolute atomic E-state index is 0.0567. The SMILES string of the molecule is C1CNCCN1.O=c1c2ccccc2[nH]c(=S)n1C1CCCCC1.O=c1c2ccccc2[nH]c(=S)n1C1CCCCC1. The molecule has 0 unspecified atom stereocenters. The normalized spacial score (nSPS) is 18.1. The van der Waals surface area contributed by atoms with Crippen molar-refractivity contribution in [2.75, 3.05) is 26.2 Å². The van der Waals surface area contributed by atoms with E-state index >= 15 is 0 Å². The van der Waals surface area contributed by atoms with Gasteiger partial charge in [-0.2, -0.15) is 0 Å². The summed E-state index contributed by atoms with van der Waals surface area (Å²) in [6.45, 7) is 4.56. The van der Waals surface area contributed by atoms with Crippen molar-refractivity contribution in [3.05, 3.63) is 78.8 Å². The lowest BCUT2D eigenvalue weighted by molar-refractivity contribution is 0.342. The van der Waals surface area contributed by atoms with Gasteiger partial charge in [0.2, 0.25) is 0 Å². The average Bonchev–Trinajstić information content (AvgIpc) is 3.04. The van der Waals surface area contributed by atoms with Crippen LogP contribution in [0, 0.1) is 9.54 Å². The van der Waals surface area contributed by atoms with E-state index in [2.05, 4.69) is 20.6 Å². The van der Waals surface area contributed by atoms with Gasteiger partial charge in [0, 0.05) is 38.3 Å². The van der Waals surface area contributed by atoms with Gasteiger partial charge in [0.1, 0.15) is 0 Å². The van der Waals surface area contributed by atoms with Crippen LogP contribution in [0.5, 0.6) is 0 Å². The van der Waals surface area contributed by atoms with Crippen molar-refractivity contribution in [1.29, 1.82) is 0 Å². The molecule has 224 valence electrons. The number of nitrogens with one attached hydrogen (secondary N) is 4. The number of para-hydroxylation sites is 2. The second-order valence-corrected chi connectivity index (χ2v) is 12.2. The van der Waals surface area contributed by atoms with Crippen molar-refractivity contribution in [3.63, 3.8) is 0 Å². The van der Waals surface area contributed by atoms with Gasteiger partial charge in [-0.05, 0) is 74.4 Å². The Bertz CT molecular complexity index is 1570. The molecule has 2 saturated carbocycles. The van der Waals surface area contributed by atoms with Gasteiger partial charge in [-0.25, -0.2) is 0 Å². The Morgan fingerprint density at radius 2 is 0.905 bits per heavy atom. The molecule has 3 heterocycles. The first-order chi connectivity index (χ1) is 20.5. The van der Waals surface area contributed by atoms with Gasteiger partial charge in [-0.15, -0.1) is 0 Å². The molecule has 10 heteroatoms. The number of H-pyrrole nitrogens is 2. The van der Waals surface area contributed by atoms with E-state index in [9.17, 15) is 9.59 Å². The van der Waals surface area contributed by atoms with Gasteiger partial charge >= 0.3 is 0 Å². The van der Waals surface area contributed by atoms with Crippen LogP contribution < -0.4 is 21.8 Å². The third kappa shape index (κ3) is 7.34. The molecule has 0 bridgehead atoms. The van der Waals surface area contributed by atoms with E-state index in [1.54, 1.807) is 9.13 Å². The zero-order valence-corrected chi connectivity index (χ0v) is 25.8. The number of nitrogens with zero attached hydrogens (tertiary/aromatic N) is 2. The van der Waals surface area contributed by atoms with E-state index in [-0.39, 0.29) is 23.2 Å². The molecule has 4 aromatic rings. The van der Waals surface area contributed by atoms with Gasteiger partial charge in [-0.3, -0.25) is 18.7 Å². The zero-order valence-electron chi connectivity index (χ0n) is 24.2. The van der Waals surface area contributed by atoms with Gasteiger partial charge in [0.05, 0.1) is 21.8 Å². The largest absolute Gasteiger partial charge is 0.332 e. The van der Waals surface area contributed by atoms with Crippen molar-refractivity contribution in [2.24, 2.45) is 0 Å². The number of fused-ring (bicyclic) bond motifs is 2. The molecule has 0 radical (unpaired) electrons. The highest BCUT2D eigenvalue weighted by atomic mass is 32.1. The number of hydrogen-bond acceptors (Lipinski definition) is 6. The summed E-state index contributed by atoms with van der Waals surface area (Å²) in [5, 5.41) is 7.91. The summed E-state index contributed by atoms with van der Waals surface area (Å²) in [6, 6.07) is 15.7. The monoisotopic (exact) mass is 606 g/mol. The first kappa shape index (κ1) is 30.5. The number of hydrogen-bond donors (Lipinski definition) is 4. The topological polar surface area (TPSA) is 99.6 Å². The summed E-state index contributed by atoms with van der Waals surface area (Å²) >= 11 is 10.7. The lowest BCUT2D eigenvalue weighted by Crippen LogP contribution is -2.39. The van der Waals surface area contributed by atoms with Crippen LogP contribution in [0.2, 0.25) is 0 Å². The smallest absolute Gasteiger partial charge is 0.262 e. The first-order valence-electron chi connectivity index (χ1n) is 15.4. The van der Waals surface area contributed by atoms with Gasteiger partial charge in [0.15, 0.2) is 9.54 Å². The third-order valence-electron chi connectivity index (χ3n) is 8.51. The fourth-order valence-electron chi connectivity index (χ4n) is 6.30. The van der Waals surface area contributed by atoms with Crippen LogP contribution in [0.3, 0.4) is 0 Å². The average molecular weight is 607 g/mol. The summed E-state index contributed by atoms with van der Waals surface area (Å²) in [6.07, 6.45) is 11.6. The van der Waals surface area contributed by atoms with Crippen molar-refractivity contribution in [2.45, 2.75) is 76.3 Å². The Morgan fingerprint density at radius 1 is 0.548 bits per heavy atom. The molecule has 0 atom stereocenters. The fraction of sp³-hybridized carbons (Fsp3) is 0.500. The molecule has 7 rings (SSSR count). The molecule has 0 amide bonds. The fourth-order valence-corrected chi connectivity index (χ4v) is 6.98. The molecule has 42 heavy (non-hydrogen) atoms. The van der Waals surface area contributed by atoms with Crippen LogP contribution in [-0.2, 0) is 0 Å². The molecule has 8 nitrogen and oxygen atoms in total. The maximum atomic E-state index is 12.5. The Balaban J connectivity index is 0.000000141. The molecule has 0 spiro atoms. The standard InChI is InChI=1S/2C14H16N2OS.C4H10N2/c2*17-13-11-8-4-5-9-12(11)15-14(18)16(13)10-6-2-1-3-7-10;1-2-6-4-3-5-1/h2*4-5,8-10H,1-3,6-7H2,(H,15,18);5-6H,1-4H2. The number of aromatic nitrogens is 4. The van der Waals surface area contributed by atoms with E-state index in [0.717, 1.165) is 73.7 Å². The van der Waals surface area contributed by atoms with E-state index in [1.165, 1.54) is 38.5 Å². The van der Waals surface area contributed by atoms with Crippen LogP contribution in [0.4, 0.5) is 0 Å². The van der Waals surface area contributed by atoms with Crippen molar-refractivity contribution in [1.82, 2.24) is 29.7 Å². The van der Waals surface area contributed by atoms with Crippen molar-refractivity contribution >= 4 is 46.2 Å². The highest BCUT2D eigenvalue weighted by Crippen LogP contribution is 2.28. The summed E-state index contributed by atoms with van der Waals surface area (Å²) < 4.78 is 4.70. The van der Waals surface area contributed by atoms with Gasteiger partial charge in [-0.1, -0.05) is 62.8 Å². The quantitative estimate of drug-likeness (QED) is 0.200. The highest BCUT2D eigenvalue weighted by molar-refractivity contribution is 7.71. The van der Waals surface area contributed by atoms with E-state index in [0.29, 0.717) is 9.54 Å². The summed E-state index contributed by atoms with van der Waals surface area (Å²) in [5.41, 5.74) is 1.78. The third-order valence-corrected chi connectivity index (χ3v) is 9.11. The van der Waals surface area contributed by atoms with Crippen LogP contribution in [0.25, 0.3) is 21.8 Å². The molecule has 2 aromatic carbocycles. The van der Waals surface area contributed by atoms with Crippen molar-refractivity contribution in [3.8, 4) is 0 Å². The molecule has 2 aliphatic carbocycles. The maximum Gasteiger partial charge on any atom is 0.262 e. The zero-order chi connectivity index (χ0) is 29.3. The van der Waals surface area contributed by atoms with Crippen LogP contribution in [0.15, 0.2) is 58.1 Å². The predicted octanol–water partition coefficient (Wildman–Crippen LogP) is 6.31. The predicted molar refractivity (Wildman–Crippen MR) is 177 cm³/mol. The number of rotatable bonds is 2. The lowest BCUT2D eigenvalue weighted by atomic mass is 9.95. The Morgan fingerprint density at radius 3 is 1.26 bits per heavy atom. The maximum absolute atomic E-state index is 12.5. The van der Waals surface area contributed by atoms with Crippen molar-refractivity contribution < 1.29 is 0 Å². The number of aromatic amines is 2. The Hall–Kier alpha value is -2.92. The molecule has 1 saturated heterocycles. The molecule has 3 fully saturated rings. The second-order valence-electron chi connectivity index (χ2n) is 11.4. The Labute approximate surface area is 256 Å². The van der Waals surface area contributed by atoms with Crippen LogP contribution >= 0.6 is 24.4 Å². The summed E-state index contributed by atoms with van der Waals surface area (Å²) in [7, 11) is 0. The second kappa shape index (κ2) is 15.0. The number of benzene rings is 2. The summed E-state index contributed by atoms with van der Waals surface area (Å²) in [4.78, 5) is 31.4. The first-order valence-corrected chi connectivity index (χ1v) is 16.2. The molecule has 1 aliphatic heterocycles. The highest BCUT2D eigenvalue weighted by Gasteiger charge is 2.19. The molecular formula is C32H42N6O2S2. The van der Waals surface area contributed by atoms with E-state index in [4.69, 9.17) is 24.4 Å². The lowest BCUT2D eigenvalue weighted by Gasteiger charge is -2.24. The van der Waals surface area contributed by atoms with E-state index in [1.807, 2.05) is 48.5 Å². The Kier molecular flexibility index (Phi) is 10.9. The molecule has 2 aromatic heterocycles. The molecule has 4 N–H and O–H groups in total. The molecular weight excluding hydrogens is 565 g/mol. The summed E-state index contributed by atoms with van der Waals surface area (Å²) in [5.74, 6) is 0. The minimum Gasteiger partial charge on any atom is -0.332 e. The molecule has 3 aliphatic rings. The van der Waals surface area contributed by atoms with Gasteiger partial charge in [0.25, 0.3) is 11.1 Å². The minimum atomic E-state index is 0.0567. The van der Waals surface area contributed by atoms with E-state index < -0.39 is 0 Å². The van der Waals surface area contributed by atoms with Crippen LogP contribution in [0.1, 0.15) is 76.3 Å². The number of piperazine rings is 1. The van der Waals surface area contributed by atoms with Crippen LogP contribution in [-0.4, -0.2) is 45.3 Å². The van der Waals surface area contributed by atoms with Gasteiger partial charge < -0.3 is 20.6 Å².